The van der Waals surface area contributed by atoms with Crippen LogP contribution in [0.5, 0.6) is 0 Å². The van der Waals surface area contributed by atoms with E-state index in [9.17, 15) is 0 Å². The van der Waals surface area contributed by atoms with E-state index in [0.29, 0.717) is 5.82 Å². The van der Waals surface area contributed by atoms with E-state index in [1.165, 1.54) is 0 Å². The van der Waals surface area contributed by atoms with Crippen molar-refractivity contribution >= 4 is 17.2 Å². The van der Waals surface area contributed by atoms with Crippen molar-refractivity contribution in [1.82, 2.24) is 14.6 Å². The average molecular weight is 177 g/mol. The molecule has 2 aromatic heterocycles. The van der Waals surface area contributed by atoms with Gasteiger partial charge in [0, 0.05) is 12.7 Å². The van der Waals surface area contributed by atoms with Crippen LogP contribution >= 0.6 is 0 Å². The van der Waals surface area contributed by atoms with Gasteiger partial charge in [0.25, 0.3) is 0 Å². The minimum absolute atomic E-state index is 0.592. The summed E-state index contributed by atoms with van der Waals surface area (Å²) in [5.74, 6) is 0.592. The number of rotatable bonds is 2. The highest BCUT2D eigenvalue weighted by atomic mass is 15.3. The van der Waals surface area contributed by atoms with Crippen molar-refractivity contribution in [3.63, 3.8) is 0 Å². The van der Waals surface area contributed by atoms with Crippen LogP contribution in [0.25, 0.3) is 5.65 Å². The Morgan fingerprint density at radius 3 is 3.23 bits per heavy atom. The molecule has 2 heterocycles. The second-order valence-corrected chi connectivity index (χ2v) is 2.69. The molecule has 0 aromatic carbocycles. The maximum absolute atomic E-state index is 5.70. The molecule has 0 aliphatic heterocycles. The number of aromatic nitrogens is 3. The van der Waals surface area contributed by atoms with Gasteiger partial charge in [-0.25, -0.2) is 4.98 Å². The Labute approximate surface area is 75.6 Å². The molecule has 3 N–H and O–H groups in total. The van der Waals surface area contributed by atoms with Crippen LogP contribution in [0.15, 0.2) is 18.5 Å². The van der Waals surface area contributed by atoms with Gasteiger partial charge in [0.05, 0.1) is 11.9 Å². The zero-order chi connectivity index (χ0) is 9.26. The van der Waals surface area contributed by atoms with Gasteiger partial charge in [0.2, 0.25) is 0 Å². The number of hydrogen-bond donors (Lipinski definition) is 2. The summed E-state index contributed by atoms with van der Waals surface area (Å²) < 4.78 is 1.61. The summed E-state index contributed by atoms with van der Waals surface area (Å²) in [7, 11) is 0. The molecule has 0 spiro atoms. The lowest BCUT2D eigenvalue weighted by Crippen LogP contribution is -2.00. The van der Waals surface area contributed by atoms with Gasteiger partial charge in [-0.3, -0.25) is 0 Å². The largest absolute Gasteiger partial charge is 0.384 e. The number of hydrogen-bond acceptors (Lipinski definition) is 4. The van der Waals surface area contributed by atoms with E-state index >= 15 is 0 Å². The summed E-state index contributed by atoms with van der Waals surface area (Å²) in [5, 5.41) is 7.26. The first kappa shape index (κ1) is 7.85. The Morgan fingerprint density at radius 2 is 2.46 bits per heavy atom. The van der Waals surface area contributed by atoms with Gasteiger partial charge in [-0.1, -0.05) is 0 Å². The normalized spacial score (nSPS) is 10.5. The van der Waals surface area contributed by atoms with E-state index in [1.54, 1.807) is 23.0 Å². The number of nitrogens with one attached hydrogen (secondary N) is 1. The Balaban J connectivity index is 2.61. The van der Waals surface area contributed by atoms with E-state index in [-0.39, 0.29) is 0 Å². The van der Waals surface area contributed by atoms with Crippen molar-refractivity contribution < 1.29 is 0 Å². The Hall–Kier alpha value is -1.78. The molecular formula is C8H11N5. The van der Waals surface area contributed by atoms with Crippen molar-refractivity contribution in [3.05, 3.63) is 18.5 Å². The van der Waals surface area contributed by atoms with Crippen LogP contribution in [0.4, 0.5) is 11.5 Å². The first-order valence-electron chi connectivity index (χ1n) is 4.15. The third-order valence-electron chi connectivity index (χ3n) is 1.80. The molecule has 13 heavy (non-hydrogen) atoms. The third kappa shape index (κ3) is 1.18. The third-order valence-corrected chi connectivity index (χ3v) is 1.80. The highest BCUT2D eigenvalue weighted by Crippen LogP contribution is 2.15. The fourth-order valence-corrected chi connectivity index (χ4v) is 1.23. The quantitative estimate of drug-likeness (QED) is 0.710. The summed E-state index contributed by atoms with van der Waals surface area (Å²) in [6, 6.07) is 1.72. The maximum atomic E-state index is 5.70. The van der Waals surface area contributed by atoms with Gasteiger partial charge >= 0.3 is 0 Å². The van der Waals surface area contributed by atoms with E-state index in [1.807, 2.05) is 6.92 Å². The molecule has 0 fully saturated rings. The predicted octanol–water partition coefficient (Wildman–Crippen LogP) is 0.743. The Kier molecular flexibility index (Phi) is 1.77. The maximum Gasteiger partial charge on any atom is 0.180 e. The van der Waals surface area contributed by atoms with Gasteiger partial charge in [-0.2, -0.15) is 9.61 Å². The summed E-state index contributed by atoms with van der Waals surface area (Å²) >= 11 is 0. The number of anilines is 2. The van der Waals surface area contributed by atoms with E-state index in [0.717, 1.165) is 17.9 Å². The molecule has 0 aliphatic carbocycles. The Morgan fingerprint density at radius 1 is 1.62 bits per heavy atom. The first-order chi connectivity index (χ1) is 6.33. The van der Waals surface area contributed by atoms with Gasteiger partial charge in [-0.15, -0.1) is 0 Å². The summed E-state index contributed by atoms with van der Waals surface area (Å²) in [6.45, 7) is 2.87. The molecule has 68 valence electrons. The molecule has 0 radical (unpaired) electrons. The molecule has 0 amide bonds. The van der Waals surface area contributed by atoms with E-state index < -0.39 is 0 Å². The lowest BCUT2D eigenvalue weighted by Gasteiger charge is -1.99. The monoisotopic (exact) mass is 177 g/mol. The van der Waals surface area contributed by atoms with Gasteiger partial charge in [0.1, 0.15) is 5.82 Å². The van der Waals surface area contributed by atoms with Crippen molar-refractivity contribution in [1.29, 1.82) is 0 Å². The molecule has 0 aliphatic rings. The highest BCUT2D eigenvalue weighted by molar-refractivity contribution is 5.68. The molecular weight excluding hydrogens is 166 g/mol. The first-order valence-corrected chi connectivity index (χ1v) is 4.15. The Bertz CT molecular complexity index is 419. The standard InChI is InChI=1S/C8H11N5/c1-2-10-6-5-12-13-7(9)3-4-11-8(6)13/h3-5,10H,2,9H2,1H3. The van der Waals surface area contributed by atoms with Crippen LogP contribution in [-0.2, 0) is 0 Å². The fraction of sp³-hybridized carbons (Fsp3) is 0.250. The van der Waals surface area contributed by atoms with E-state index in [4.69, 9.17) is 5.73 Å². The van der Waals surface area contributed by atoms with Gasteiger partial charge < -0.3 is 11.1 Å². The molecule has 0 atom stereocenters. The lowest BCUT2D eigenvalue weighted by atomic mass is 10.5. The molecule has 0 unspecified atom stereocenters. The molecule has 5 heteroatoms. The summed E-state index contributed by atoms with van der Waals surface area (Å²) in [6.07, 6.45) is 3.40. The van der Waals surface area contributed by atoms with Crippen LogP contribution in [0.3, 0.4) is 0 Å². The minimum atomic E-state index is 0.592. The summed E-state index contributed by atoms with van der Waals surface area (Å²) in [5.41, 5.74) is 7.38. The predicted molar refractivity (Wildman–Crippen MR) is 51.6 cm³/mol. The number of nitrogens with two attached hydrogens (primary N) is 1. The smallest absolute Gasteiger partial charge is 0.180 e. The molecule has 0 saturated carbocycles. The second kappa shape index (κ2) is 2.93. The SMILES string of the molecule is CCNc1cnn2c(N)ccnc12. The highest BCUT2D eigenvalue weighted by Gasteiger charge is 2.04. The van der Waals surface area contributed by atoms with Crippen LogP contribution in [0, 0.1) is 0 Å². The topological polar surface area (TPSA) is 68.2 Å². The number of nitrogen functional groups attached to an aromatic ring is 1. The number of nitrogens with zero attached hydrogens (tertiary/aromatic N) is 3. The van der Waals surface area contributed by atoms with Crippen molar-refractivity contribution in [3.8, 4) is 0 Å². The second-order valence-electron chi connectivity index (χ2n) is 2.69. The fourth-order valence-electron chi connectivity index (χ4n) is 1.23. The number of fused-ring (bicyclic) bond motifs is 1. The average Bonchev–Trinajstić information content (AvgIpc) is 2.51. The van der Waals surface area contributed by atoms with Crippen LogP contribution in [-0.4, -0.2) is 21.1 Å². The van der Waals surface area contributed by atoms with Gasteiger partial charge in [-0.05, 0) is 13.0 Å². The zero-order valence-corrected chi connectivity index (χ0v) is 7.36. The lowest BCUT2D eigenvalue weighted by molar-refractivity contribution is 0.952. The van der Waals surface area contributed by atoms with E-state index in [2.05, 4.69) is 15.4 Å². The van der Waals surface area contributed by atoms with Crippen molar-refractivity contribution in [2.75, 3.05) is 17.6 Å². The van der Waals surface area contributed by atoms with Gasteiger partial charge in [0.15, 0.2) is 5.65 Å². The molecule has 0 bridgehead atoms. The van der Waals surface area contributed by atoms with Crippen LogP contribution in [0.1, 0.15) is 6.92 Å². The molecule has 0 saturated heterocycles. The van der Waals surface area contributed by atoms with Crippen molar-refractivity contribution in [2.45, 2.75) is 6.92 Å². The summed E-state index contributed by atoms with van der Waals surface area (Å²) in [4.78, 5) is 4.18. The molecule has 2 aromatic rings. The molecule has 5 nitrogen and oxygen atoms in total. The van der Waals surface area contributed by atoms with Crippen LogP contribution < -0.4 is 11.1 Å². The molecule has 2 rings (SSSR count). The van der Waals surface area contributed by atoms with Crippen LogP contribution in [0.2, 0.25) is 0 Å². The van der Waals surface area contributed by atoms with Crippen molar-refractivity contribution in [2.24, 2.45) is 0 Å². The minimum Gasteiger partial charge on any atom is -0.384 e. The zero-order valence-electron chi connectivity index (χ0n) is 7.36.